The smallest absolute Gasteiger partial charge is 0.214 e. The van der Waals surface area contributed by atoms with Crippen molar-refractivity contribution in [2.45, 2.75) is 0 Å². The molecule has 0 saturated heterocycles. The van der Waals surface area contributed by atoms with Crippen molar-refractivity contribution in [1.82, 2.24) is 13.7 Å². The number of fused-ring (bicyclic) bond motifs is 10. The van der Waals surface area contributed by atoms with Gasteiger partial charge in [0.15, 0.2) is 0 Å². The highest BCUT2D eigenvalue weighted by molar-refractivity contribution is 6.29. The molecule has 8 aromatic carbocycles. The van der Waals surface area contributed by atoms with Gasteiger partial charge in [0.2, 0.25) is 5.69 Å². The van der Waals surface area contributed by atoms with E-state index in [1.807, 2.05) is 12.1 Å². The Bertz CT molecular complexity index is 3380. The average Bonchev–Trinajstić information content (AvgIpc) is 3.89. The Hall–Kier alpha value is -7.86. The molecule has 0 N–H and O–H groups in total. The molecule has 0 aliphatic carbocycles. The molecule has 3 heterocycles. The van der Waals surface area contributed by atoms with Crippen molar-refractivity contribution >= 4 is 71.1 Å². The number of hydrogen-bond donors (Lipinski definition) is 0. The van der Waals surface area contributed by atoms with Crippen molar-refractivity contribution < 1.29 is 0 Å². The van der Waals surface area contributed by atoms with Gasteiger partial charge in [-0.25, -0.2) is 4.85 Å². The van der Waals surface area contributed by atoms with E-state index >= 15 is 0 Å². The lowest BCUT2D eigenvalue weighted by Gasteiger charge is -2.17. The van der Waals surface area contributed by atoms with Gasteiger partial charge in [-0.05, 0) is 72.3 Å². The van der Waals surface area contributed by atoms with Gasteiger partial charge >= 0.3 is 0 Å². The lowest BCUT2D eigenvalue weighted by atomic mass is 9.97. The van der Waals surface area contributed by atoms with E-state index < -0.39 is 0 Å². The molecule has 0 atom stereocenters. The van der Waals surface area contributed by atoms with Crippen LogP contribution in [0.5, 0.6) is 0 Å². The highest BCUT2D eigenvalue weighted by atomic mass is 15.0. The highest BCUT2D eigenvalue weighted by Crippen LogP contribution is 2.46. The normalized spacial score (nSPS) is 11.6. The SMILES string of the molecule is [C-]#[N+]c1c(C#N)ccc(-n2c3ccccc3c3c4c5ccccc5n(-c5ccccc5)c4ccc32)c1-c1ccc(-n2c3ccccc3c3ccccc32)cc1. The molecule has 11 rings (SSSR count). The molecule has 0 unspecified atom stereocenters. The summed E-state index contributed by atoms with van der Waals surface area (Å²) < 4.78 is 6.92. The molecule has 5 nitrogen and oxygen atoms in total. The fourth-order valence-corrected chi connectivity index (χ4v) is 8.87. The summed E-state index contributed by atoms with van der Waals surface area (Å²) in [4.78, 5) is 4.04. The van der Waals surface area contributed by atoms with Crippen LogP contribution in [0.15, 0.2) is 176 Å². The molecule has 0 amide bonds. The van der Waals surface area contributed by atoms with E-state index in [2.05, 4.69) is 182 Å². The standard InChI is InChI=1S/C50H29N5/c1-52-50-33(31-51)25-28-44(47(50)32-23-26-35(27-24-32)53-40-19-9-5-15-36(40)37-16-6-10-20-41(37)53)55-43-22-12-8-18-39(43)49-46(55)30-29-45-48(49)38-17-7-11-21-42(38)54(45)34-13-3-2-4-14-34/h2-30H. The largest absolute Gasteiger partial charge is 0.310 e. The number of rotatable bonds is 4. The van der Waals surface area contributed by atoms with Gasteiger partial charge in [0.25, 0.3) is 0 Å². The molecule has 254 valence electrons. The molecule has 55 heavy (non-hydrogen) atoms. The highest BCUT2D eigenvalue weighted by Gasteiger charge is 2.24. The Morgan fingerprint density at radius 3 is 1.44 bits per heavy atom. The minimum atomic E-state index is 0.345. The average molecular weight is 700 g/mol. The van der Waals surface area contributed by atoms with Crippen LogP contribution in [-0.4, -0.2) is 13.7 Å². The van der Waals surface area contributed by atoms with Crippen LogP contribution in [0.25, 0.3) is 98.5 Å². The van der Waals surface area contributed by atoms with Gasteiger partial charge in [0.1, 0.15) is 0 Å². The first-order chi connectivity index (χ1) is 27.2. The van der Waals surface area contributed by atoms with Gasteiger partial charge in [-0.15, -0.1) is 0 Å². The van der Waals surface area contributed by atoms with Crippen LogP contribution in [-0.2, 0) is 0 Å². The molecule has 11 aromatic rings. The molecular formula is C50H29N5. The van der Waals surface area contributed by atoms with Crippen LogP contribution in [0.4, 0.5) is 5.69 Å². The van der Waals surface area contributed by atoms with Crippen LogP contribution in [0.1, 0.15) is 5.56 Å². The monoisotopic (exact) mass is 699 g/mol. The molecule has 0 spiro atoms. The predicted octanol–water partition coefficient (Wildman–Crippen LogP) is 13.1. The molecular weight excluding hydrogens is 671 g/mol. The number of benzene rings is 8. The van der Waals surface area contributed by atoms with Crippen molar-refractivity contribution in [1.29, 1.82) is 5.26 Å². The van der Waals surface area contributed by atoms with Crippen LogP contribution < -0.4 is 0 Å². The quantitative estimate of drug-likeness (QED) is 0.169. The second-order valence-corrected chi connectivity index (χ2v) is 13.9. The molecule has 3 aromatic heterocycles. The number of hydrogen-bond acceptors (Lipinski definition) is 1. The van der Waals surface area contributed by atoms with Crippen molar-refractivity contribution in [3.63, 3.8) is 0 Å². The molecule has 0 saturated carbocycles. The minimum absolute atomic E-state index is 0.345. The maximum Gasteiger partial charge on any atom is 0.214 e. The third-order valence-electron chi connectivity index (χ3n) is 11.1. The lowest BCUT2D eigenvalue weighted by Crippen LogP contribution is -1.99. The van der Waals surface area contributed by atoms with E-state index in [0.29, 0.717) is 11.3 Å². The Morgan fingerprint density at radius 1 is 0.418 bits per heavy atom. The van der Waals surface area contributed by atoms with Crippen molar-refractivity contribution in [2.75, 3.05) is 0 Å². The second-order valence-electron chi connectivity index (χ2n) is 13.9. The van der Waals surface area contributed by atoms with E-state index in [1.165, 1.54) is 21.5 Å². The first-order valence-electron chi connectivity index (χ1n) is 18.3. The lowest BCUT2D eigenvalue weighted by molar-refractivity contribution is 1.17. The third kappa shape index (κ3) is 4.33. The summed E-state index contributed by atoms with van der Waals surface area (Å²) in [7, 11) is 0. The summed E-state index contributed by atoms with van der Waals surface area (Å²) in [5, 5.41) is 17.3. The van der Waals surface area contributed by atoms with E-state index in [9.17, 15) is 5.26 Å². The molecule has 5 heteroatoms. The Labute approximate surface area is 316 Å². The van der Waals surface area contributed by atoms with Crippen LogP contribution in [0, 0.1) is 17.9 Å². The van der Waals surface area contributed by atoms with Gasteiger partial charge < -0.3 is 13.7 Å². The number of para-hydroxylation sites is 5. The Balaban J connectivity index is 1.19. The maximum atomic E-state index is 10.3. The molecule has 0 radical (unpaired) electrons. The van der Waals surface area contributed by atoms with Crippen LogP contribution in [0.3, 0.4) is 0 Å². The fraction of sp³-hybridized carbons (Fsp3) is 0. The Morgan fingerprint density at radius 2 is 0.873 bits per heavy atom. The summed E-state index contributed by atoms with van der Waals surface area (Å²) in [6.07, 6.45) is 0. The van der Waals surface area contributed by atoms with Gasteiger partial charge in [-0.2, -0.15) is 5.26 Å². The van der Waals surface area contributed by atoms with Crippen molar-refractivity contribution in [2.24, 2.45) is 0 Å². The number of nitriles is 1. The second kappa shape index (κ2) is 11.8. The summed E-state index contributed by atoms with van der Waals surface area (Å²) in [5.74, 6) is 0. The van der Waals surface area contributed by atoms with Crippen LogP contribution in [0.2, 0.25) is 0 Å². The number of nitrogens with zero attached hydrogens (tertiary/aromatic N) is 5. The summed E-state index contributed by atoms with van der Waals surface area (Å²) >= 11 is 0. The molecule has 0 aliphatic heterocycles. The fourth-order valence-electron chi connectivity index (χ4n) is 8.87. The summed E-state index contributed by atoms with van der Waals surface area (Å²) in [6.45, 7) is 8.40. The summed E-state index contributed by atoms with van der Waals surface area (Å²) in [6, 6.07) is 63.6. The first kappa shape index (κ1) is 30.7. The van der Waals surface area contributed by atoms with Crippen molar-refractivity contribution in [3.8, 4) is 34.3 Å². The zero-order valence-corrected chi connectivity index (χ0v) is 29.5. The molecule has 0 fully saturated rings. The van der Waals surface area contributed by atoms with Crippen LogP contribution >= 0.6 is 0 Å². The van der Waals surface area contributed by atoms with E-state index in [4.69, 9.17) is 6.57 Å². The first-order valence-corrected chi connectivity index (χ1v) is 18.3. The maximum absolute atomic E-state index is 10.3. The topological polar surface area (TPSA) is 42.9 Å². The molecule has 0 aliphatic rings. The van der Waals surface area contributed by atoms with Crippen molar-refractivity contribution in [3.05, 3.63) is 193 Å². The summed E-state index contributed by atoms with van der Waals surface area (Å²) in [5.41, 5.74) is 11.9. The van der Waals surface area contributed by atoms with E-state index in [0.717, 1.165) is 72.1 Å². The van der Waals surface area contributed by atoms with E-state index in [1.54, 1.807) is 6.07 Å². The molecule has 0 bridgehead atoms. The number of aromatic nitrogens is 3. The van der Waals surface area contributed by atoms with Gasteiger partial charge in [-0.3, -0.25) is 0 Å². The minimum Gasteiger partial charge on any atom is -0.310 e. The van der Waals surface area contributed by atoms with Gasteiger partial charge in [-0.1, -0.05) is 109 Å². The Kier molecular flexibility index (Phi) is 6.61. The third-order valence-corrected chi connectivity index (χ3v) is 11.1. The van der Waals surface area contributed by atoms with E-state index in [-0.39, 0.29) is 0 Å². The zero-order valence-electron chi connectivity index (χ0n) is 29.5. The van der Waals surface area contributed by atoms with Gasteiger partial charge in [0.05, 0.1) is 51.3 Å². The van der Waals surface area contributed by atoms with Gasteiger partial charge in [0, 0.05) is 54.9 Å². The zero-order chi connectivity index (χ0) is 36.6. The predicted molar refractivity (Wildman–Crippen MR) is 226 cm³/mol.